The van der Waals surface area contributed by atoms with Gasteiger partial charge < -0.3 is 10.3 Å². The van der Waals surface area contributed by atoms with Crippen molar-refractivity contribution in [1.29, 1.82) is 0 Å². The van der Waals surface area contributed by atoms with Gasteiger partial charge in [-0.05, 0) is 37.5 Å². The number of H-pyrrole nitrogens is 1. The lowest BCUT2D eigenvalue weighted by molar-refractivity contribution is 0.245. The van der Waals surface area contributed by atoms with Crippen molar-refractivity contribution in [2.45, 2.75) is 52.5 Å². The van der Waals surface area contributed by atoms with Crippen LogP contribution in [0.5, 0.6) is 0 Å². The summed E-state index contributed by atoms with van der Waals surface area (Å²) in [7, 11) is 0. The van der Waals surface area contributed by atoms with E-state index in [1.54, 1.807) is 4.90 Å². The van der Waals surface area contributed by atoms with E-state index in [4.69, 9.17) is 0 Å². The van der Waals surface area contributed by atoms with Crippen LogP contribution in [0.4, 0.5) is 10.5 Å². The standard InChI is InChI=1S/C21H29N3O2/c1-3-5-10-18-14-13-17(20(25)23-18)16-22-21(26)24(15-6-4-2)19-11-8-7-9-12-19/h7-9,11-14H,3-6,10,15-16H2,1-2H3,(H,22,26)(H,23,25). The molecule has 2 aromatic rings. The highest BCUT2D eigenvalue weighted by molar-refractivity contribution is 5.91. The highest BCUT2D eigenvalue weighted by atomic mass is 16.2. The molecule has 2 N–H and O–H groups in total. The lowest BCUT2D eigenvalue weighted by Gasteiger charge is -2.23. The van der Waals surface area contributed by atoms with E-state index >= 15 is 0 Å². The van der Waals surface area contributed by atoms with Crippen LogP contribution in [0.3, 0.4) is 0 Å². The maximum atomic E-state index is 12.6. The van der Waals surface area contributed by atoms with Crippen molar-refractivity contribution in [1.82, 2.24) is 10.3 Å². The summed E-state index contributed by atoms with van der Waals surface area (Å²) >= 11 is 0. The van der Waals surface area contributed by atoms with Gasteiger partial charge in [0, 0.05) is 30.0 Å². The molecule has 1 heterocycles. The SMILES string of the molecule is CCCCc1ccc(CNC(=O)N(CCCC)c2ccccc2)c(=O)[nH]1. The molecule has 140 valence electrons. The Kier molecular flexibility index (Phi) is 7.93. The second-order valence-corrected chi connectivity index (χ2v) is 6.44. The normalized spacial score (nSPS) is 10.5. The Labute approximate surface area is 155 Å². The quantitative estimate of drug-likeness (QED) is 0.707. The van der Waals surface area contributed by atoms with Crippen molar-refractivity contribution in [3.63, 3.8) is 0 Å². The molecule has 5 nitrogen and oxygen atoms in total. The largest absolute Gasteiger partial charge is 0.333 e. The van der Waals surface area contributed by atoms with Crippen LogP contribution in [-0.4, -0.2) is 17.6 Å². The summed E-state index contributed by atoms with van der Waals surface area (Å²) in [6.07, 6.45) is 4.95. The molecule has 0 aliphatic carbocycles. The number of hydrogen-bond donors (Lipinski definition) is 2. The number of nitrogens with one attached hydrogen (secondary N) is 2. The van der Waals surface area contributed by atoms with Gasteiger partial charge in [0.25, 0.3) is 5.56 Å². The van der Waals surface area contributed by atoms with Gasteiger partial charge in [-0.25, -0.2) is 4.79 Å². The molecule has 0 aliphatic rings. The van der Waals surface area contributed by atoms with Crippen molar-refractivity contribution < 1.29 is 4.79 Å². The number of pyridine rings is 1. The zero-order chi connectivity index (χ0) is 18.8. The molecule has 26 heavy (non-hydrogen) atoms. The summed E-state index contributed by atoms with van der Waals surface area (Å²) in [4.78, 5) is 29.5. The number of anilines is 1. The molecule has 0 spiro atoms. The molecule has 0 fully saturated rings. The van der Waals surface area contributed by atoms with Crippen molar-refractivity contribution in [2.75, 3.05) is 11.4 Å². The van der Waals surface area contributed by atoms with Crippen LogP contribution in [0, 0.1) is 0 Å². The summed E-state index contributed by atoms with van der Waals surface area (Å²) in [5.41, 5.74) is 2.25. The van der Waals surface area contributed by atoms with Crippen LogP contribution in [0.1, 0.15) is 50.8 Å². The fraction of sp³-hybridized carbons (Fsp3) is 0.429. The smallest absolute Gasteiger partial charge is 0.322 e. The highest BCUT2D eigenvalue weighted by Gasteiger charge is 2.15. The molecule has 1 aromatic carbocycles. The van der Waals surface area contributed by atoms with Crippen LogP contribution in [0.2, 0.25) is 0 Å². The number of unbranched alkanes of at least 4 members (excludes halogenated alkanes) is 2. The minimum atomic E-state index is -0.181. The van der Waals surface area contributed by atoms with Gasteiger partial charge in [-0.1, -0.05) is 51.0 Å². The second-order valence-electron chi connectivity index (χ2n) is 6.44. The molecule has 0 atom stereocenters. The van der Waals surface area contributed by atoms with Crippen molar-refractivity contribution in [3.05, 3.63) is 64.1 Å². The zero-order valence-electron chi connectivity index (χ0n) is 15.8. The Balaban J connectivity index is 2.02. The number of benzene rings is 1. The first-order valence-corrected chi connectivity index (χ1v) is 9.47. The zero-order valence-corrected chi connectivity index (χ0v) is 15.8. The molecule has 0 saturated carbocycles. The Bertz CT molecular complexity index is 740. The molecule has 0 saturated heterocycles. The van der Waals surface area contributed by atoms with Gasteiger partial charge in [0.15, 0.2) is 0 Å². The highest BCUT2D eigenvalue weighted by Crippen LogP contribution is 2.14. The van der Waals surface area contributed by atoms with E-state index in [2.05, 4.69) is 24.1 Å². The maximum Gasteiger partial charge on any atom is 0.322 e. The van der Waals surface area contributed by atoms with Gasteiger partial charge in [0.2, 0.25) is 0 Å². The van der Waals surface area contributed by atoms with Gasteiger partial charge in [-0.2, -0.15) is 0 Å². The van der Waals surface area contributed by atoms with Gasteiger partial charge in [0.05, 0.1) is 0 Å². The number of para-hydroxylation sites is 1. The number of aromatic amines is 1. The lowest BCUT2D eigenvalue weighted by Crippen LogP contribution is -2.41. The number of rotatable bonds is 9. The maximum absolute atomic E-state index is 12.6. The van der Waals surface area contributed by atoms with E-state index < -0.39 is 0 Å². The fourth-order valence-electron chi connectivity index (χ4n) is 2.74. The third-order valence-electron chi connectivity index (χ3n) is 4.33. The Morgan fingerprint density at radius 3 is 2.42 bits per heavy atom. The molecular formula is C21H29N3O2. The average Bonchev–Trinajstić information content (AvgIpc) is 2.66. The molecule has 0 bridgehead atoms. The molecular weight excluding hydrogens is 326 g/mol. The molecule has 2 rings (SSSR count). The number of aromatic nitrogens is 1. The molecule has 2 amide bonds. The van der Waals surface area contributed by atoms with Crippen LogP contribution in [0.15, 0.2) is 47.3 Å². The summed E-state index contributed by atoms with van der Waals surface area (Å²) in [5.74, 6) is 0. The van der Waals surface area contributed by atoms with Crippen molar-refractivity contribution in [2.24, 2.45) is 0 Å². The van der Waals surface area contributed by atoms with Crippen molar-refractivity contribution >= 4 is 11.7 Å². The van der Waals surface area contributed by atoms with E-state index in [9.17, 15) is 9.59 Å². The Morgan fingerprint density at radius 2 is 1.77 bits per heavy atom. The van der Waals surface area contributed by atoms with E-state index in [0.29, 0.717) is 12.1 Å². The van der Waals surface area contributed by atoms with Gasteiger partial charge in [0.1, 0.15) is 0 Å². The number of nitrogens with zero attached hydrogens (tertiary/aromatic N) is 1. The monoisotopic (exact) mass is 355 g/mol. The molecule has 0 unspecified atom stereocenters. The predicted molar refractivity (Wildman–Crippen MR) is 107 cm³/mol. The number of aryl methyl sites for hydroxylation is 1. The Hall–Kier alpha value is -2.56. The third-order valence-corrected chi connectivity index (χ3v) is 4.33. The number of carbonyl (C=O) groups is 1. The number of amides is 2. The molecule has 5 heteroatoms. The first-order valence-electron chi connectivity index (χ1n) is 9.47. The van der Waals surface area contributed by atoms with Gasteiger partial charge >= 0.3 is 6.03 Å². The van der Waals surface area contributed by atoms with E-state index in [1.165, 1.54) is 0 Å². The van der Waals surface area contributed by atoms with Crippen LogP contribution >= 0.6 is 0 Å². The van der Waals surface area contributed by atoms with Crippen molar-refractivity contribution in [3.8, 4) is 0 Å². The topological polar surface area (TPSA) is 65.2 Å². The number of carbonyl (C=O) groups excluding carboxylic acids is 1. The predicted octanol–water partition coefficient (Wildman–Crippen LogP) is 4.23. The minimum Gasteiger partial charge on any atom is -0.333 e. The summed E-state index contributed by atoms with van der Waals surface area (Å²) in [6, 6.07) is 13.2. The average molecular weight is 355 g/mol. The fourth-order valence-corrected chi connectivity index (χ4v) is 2.74. The third kappa shape index (κ3) is 5.76. The number of urea groups is 1. The molecule has 0 aliphatic heterocycles. The second kappa shape index (κ2) is 10.4. The molecule has 1 aromatic heterocycles. The van der Waals surface area contributed by atoms with Crippen LogP contribution in [-0.2, 0) is 13.0 Å². The van der Waals surface area contributed by atoms with E-state index in [-0.39, 0.29) is 18.1 Å². The summed E-state index contributed by atoms with van der Waals surface area (Å²) < 4.78 is 0. The minimum absolute atomic E-state index is 0.126. The van der Waals surface area contributed by atoms with Crippen LogP contribution in [0.25, 0.3) is 0 Å². The van der Waals surface area contributed by atoms with Gasteiger partial charge in [-0.15, -0.1) is 0 Å². The lowest BCUT2D eigenvalue weighted by atomic mass is 10.1. The van der Waals surface area contributed by atoms with E-state index in [1.807, 2.05) is 42.5 Å². The van der Waals surface area contributed by atoms with Gasteiger partial charge in [-0.3, -0.25) is 9.69 Å². The number of hydrogen-bond acceptors (Lipinski definition) is 2. The summed E-state index contributed by atoms with van der Waals surface area (Å²) in [6.45, 7) is 5.09. The molecule has 0 radical (unpaired) electrons. The van der Waals surface area contributed by atoms with E-state index in [0.717, 1.165) is 43.5 Å². The summed E-state index contributed by atoms with van der Waals surface area (Å²) in [5, 5.41) is 2.88. The first kappa shape index (κ1) is 19.8. The Morgan fingerprint density at radius 1 is 1.04 bits per heavy atom. The van der Waals surface area contributed by atoms with Crippen LogP contribution < -0.4 is 15.8 Å². The first-order chi connectivity index (χ1) is 12.7.